The highest BCUT2D eigenvalue weighted by molar-refractivity contribution is 5.48. The number of hydrogen-bond donors (Lipinski definition) is 2. The molecule has 1 atom stereocenters. The summed E-state index contributed by atoms with van der Waals surface area (Å²) in [5, 5.41) is 17.2. The molecule has 1 aromatic carbocycles. The topological polar surface area (TPSA) is 84.6 Å². The van der Waals surface area contributed by atoms with Gasteiger partial charge in [-0.05, 0) is 19.9 Å². The summed E-state index contributed by atoms with van der Waals surface area (Å²) in [6.45, 7) is -0.406. The molecular weight excluding hydrogens is 401 g/mol. The van der Waals surface area contributed by atoms with Gasteiger partial charge in [-0.25, -0.2) is 18.2 Å². The molecule has 2 aromatic heterocycles. The lowest BCUT2D eigenvalue weighted by Gasteiger charge is -2.31. The first-order valence-electron chi connectivity index (χ1n) is 8.28. The first-order chi connectivity index (χ1) is 13.6. The minimum Gasteiger partial charge on any atom is -0.435 e. The quantitative estimate of drug-likeness (QED) is 0.570. The molecule has 2 heterocycles. The van der Waals surface area contributed by atoms with E-state index >= 15 is 0 Å². The van der Waals surface area contributed by atoms with Crippen molar-refractivity contribution >= 4 is 11.6 Å². The summed E-state index contributed by atoms with van der Waals surface area (Å²) < 4.78 is 70.8. The number of fused-ring (bicyclic) bond motifs is 1. The molecule has 7 nitrogen and oxygen atoms in total. The van der Waals surface area contributed by atoms with Crippen LogP contribution in [0, 0.1) is 5.82 Å². The van der Waals surface area contributed by atoms with E-state index in [1.807, 2.05) is 0 Å². The number of nitrogens with one attached hydrogen (secondary N) is 1. The van der Waals surface area contributed by atoms with Gasteiger partial charge < -0.3 is 15.2 Å². The molecule has 29 heavy (non-hydrogen) atoms. The highest BCUT2D eigenvalue weighted by Gasteiger charge is 2.32. The average Bonchev–Trinajstić information content (AvgIpc) is 3.07. The Kier molecular flexibility index (Phi) is 5.55. The van der Waals surface area contributed by atoms with Crippen molar-refractivity contribution in [3.05, 3.63) is 47.7 Å². The van der Waals surface area contributed by atoms with Gasteiger partial charge in [-0.15, -0.1) is 0 Å². The van der Waals surface area contributed by atoms with Crippen molar-refractivity contribution in [2.24, 2.45) is 0 Å². The largest absolute Gasteiger partial charge is 0.435 e. The summed E-state index contributed by atoms with van der Waals surface area (Å²) in [7, 11) is 0. The number of ether oxygens (including phenoxy) is 1. The van der Waals surface area contributed by atoms with Crippen LogP contribution in [0.15, 0.2) is 30.6 Å². The lowest BCUT2D eigenvalue weighted by Crippen LogP contribution is -2.35. The highest BCUT2D eigenvalue weighted by atomic mass is 19.3. The van der Waals surface area contributed by atoms with Crippen LogP contribution < -0.4 is 10.1 Å². The first kappa shape index (κ1) is 20.7. The van der Waals surface area contributed by atoms with E-state index < -0.39 is 41.9 Å². The molecule has 2 N–H and O–H groups in total. The van der Waals surface area contributed by atoms with Crippen LogP contribution in [0.1, 0.15) is 37.6 Å². The third-order valence-corrected chi connectivity index (χ3v) is 4.00. The molecule has 0 unspecified atom stereocenters. The fraction of sp³-hybridized carbons (Fsp3) is 0.353. The zero-order chi connectivity index (χ0) is 21.3. The Morgan fingerprint density at radius 1 is 1.17 bits per heavy atom. The summed E-state index contributed by atoms with van der Waals surface area (Å²) >= 11 is 0. The zero-order valence-corrected chi connectivity index (χ0v) is 15.2. The van der Waals surface area contributed by atoms with E-state index in [1.54, 1.807) is 0 Å². The van der Waals surface area contributed by atoms with Gasteiger partial charge in [0, 0.05) is 17.7 Å². The lowest BCUT2D eigenvalue weighted by molar-refractivity contribution is -0.0500. The van der Waals surface area contributed by atoms with Gasteiger partial charge in [0.25, 0.3) is 12.2 Å². The predicted octanol–water partition coefficient (Wildman–Crippen LogP) is 3.73. The summed E-state index contributed by atoms with van der Waals surface area (Å²) in [6, 6.07) is 2.81. The molecule has 0 aliphatic heterocycles. The molecule has 0 saturated carbocycles. The molecular formula is C17H16F5N5O2. The highest BCUT2D eigenvalue weighted by Crippen LogP contribution is 2.33. The molecule has 0 amide bonds. The number of hydrogen-bond acceptors (Lipinski definition) is 6. The van der Waals surface area contributed by atoms with Gasteiger partial charge >= 0.3 is 6.61 Å². The Bertz CT molecular complexity index is 1010. The Hall–Kier alpha value is -3.02. The van der Waals surface area contributed by atoms with Crippen molar-refractivity contribution in [2.75, 3.05) is 5.32 Å². The number of alkyl halides is 4. The molecule has 12 heteroatoms. The Morgan fingerprint density at radius 3 is 2.48 bits per heavy atom. The normalized spacial score (nSPS) is 13.3. The number of nitrogens with zero attached hydrogens (tertiary/aromatic N) is 4. The Labute approximate surface area is 161 Å². The second-order valence-electron chi connectivity index (χ2n) is 6.63. The van der Waals surface area contributed by atoms with Crippen molar-refractivity contribution in [1.82, 2.24) is 19.6 Å². The van der Waals surface area contributed by atoms with E-state index in [1.165, 1.54) is 13.8 Å². The standard InChI is InChI=1S/C17H16F5N5O2/c1-17(2,28)13(9-4-3-8(5-10(9)18)29-15(21)22)26-12-6-11(14(19)20)25-16-23-7-24-27(12)16/h3-7,13-15,26,28H,1-2H3/t13-/m1/s1. The Morgan fingerprint density at radius 2 is 1.90 bits per heavy atom. The van der Waals surface area contributed by atoms with E-state index in [0.717, 1.165) is 35.1 Å². The smallest absolute Gasteiger partial charge is 0.387 e. The maximum absolute atomic E-state index is 14.6. The predicted molar refractivity (Wildman–Crippen MR) is 91.4 cm³/mol. The summed E-state index contributed by atoms with van der Waals surface area (Å²) in [4.78, 5) is 7.43. The van der Waals surface area contributed by atoms with E-state index in [2.05, 4.69) is 25.1 Å². The van der Waals surface area contributed by atoms with Crippen LogP contribution in [0.4, 0.5) is 27.8 Å². The minimum atomic E-state index is -3.13. The monoisotopic (exact) mass is 417 g/mol. The molecule has 0 fully saturated rings. The van der Waals surface area contributed by atoms with Crippen molar-refractivity contribution in [3.8, 4) is 5.75 Å². The van der Waals surface area contributed by atoms with Crippen LogP contribution >= 0.6 is 0 Å². The van der Waals surface area contributed by atoms with Crippen molar-refractivity contribution in [3.63, 3.8) is 0 Å². The van der Waals surface area contributed by atoms with Crippen molar-refractivity contribution < 1.29 is 31.8 Å². The summed E-state index contributed by atoms with van der Waals surface area (Å²) in [5.41, 5.74) is -2.31. The van der Waals surface area contributed by atoms with Crippen LogP contribution in [-0.2, 0) is 0 Å². The molecule has 0 aliphatic carbocycles. The second-order valence-corrected chi connectivity index (χ2v) is 6.63. The fourth-order valence-corrected chi connectivity index (χ4v) is 2.75. The van der Waals surface area contributed by atoms with Crippen LogP contribution in [0.2, 0.25) is 0 Å². The maximum atomic E-state index is 14.6. The number of aromatic nitrogens is 4. The van der Waals surface area contributed by atoms with Gasteiger partial charge in [-0.3, -0.25) is 0 Å². The molecule has 3 aromatic rings. The molecule has 0 radical (unpaired) electrons. The Balaban J connectivity index is 2.04. The van der Waals surface area contributed by atoms with Gasteiger partial charge in [0.05, 0.1) is 11.6 Å². The second kappa shape index (κ2) is 7.78. The average molecular weight is 417 g/mol. The molecule has 3 rings (SSSR count). The molecule has 0 saturated heterocycles. The van der Waals surface area contributed by atoms with Crippen LogP contribution in [0.25, 0.3) is 5.78 Å². The van der Waals surface area contributed by atoms with Crippen LogP contribution in [0.3, 0.4) is 0 Å². The fourth-order valence-electron chi connectivity index (χ4n) is 2.75. The first-order valence-corrected chi connectivity index (χ1v) is 8.28. The van der Waals surface area contributed by atoms with E-state index in [-0.39, 0.29) is 17.2 Å². The molecule has 0 spiro atoms. The number of halogens is 5. The van der Waals surface area contributed by atoms with Crippen LogP contribution in [0.5, 0.6) is 5.75 Å². The van der Waals surface area contributed by atoms with E-state index in [9.17, 15) is 27.1 Å². The molecule has 0 aliphatic rings. The summed E-state index contributed by atoms with van der Waals surface area (Å²) in [5.74, 6) is -1.50. The van der Waals surface area contributed by atoms with Gasteiger partial charge in [0.1, 0.15) is 29.4 Å². The van der Waals surface area contributed by atoms with Crippen molar-refractivity contribution in [2.45, 2.75) is 38.5 Å². The molecule has 156 valence electrons. The van der Waals surface area contributed by atoms with Gasteiger partial charge in [-0.1, -0.05) is 6.07 Å². The van der Waals surface area contributed by atoms with Gasteiger partial charge in [-0.2, -0.15) is 23.4 Å². The lowest BCUT2D eigenvalue weighted by atomic mass is 9.91. The maximum Gasteiger partial charge on any atom is 0.387 e. The van der Waals surface area contributed by atoms with Crippen molar-refractivity contribution in [1.29, 1.82) is 0 Å². The zero-order valence-electron chi connectivity index (χ0n) is 15.2. The van der Waals surface area contributed by atoms with Gasteiger partial charge in [0.2, 0.25) is 0 Å². The number of anilines is 1. The third kappa shape index (κ3) is 4.53. The third-order valence-electron chi connectivity index (χ3n) is 4.00. The number of rotatable bonds is 7. The van der Waals surface area contributed by atoms with E-state index in [0.29, 0.717) is 0 Å². The SMILES string of the molecule is CC(C)(O)[C@H](Nc1cc(C(F)F)nc2ncnn12)c1ccc(OC(F)F)cc1F. The number of benzene rings is 1. The summed E-state index contributed by atoms with van der Waals surface area (Å²) in [6.07, 6.45) is -1.81. The minimum absolute atomic E-state index is 0.0257. The molecule has 0 bridgehead atoms. The van der Waals surface area contributed by atoms with Gasteiger partial charge in [0.15, 0.2) is 0 Å². The number of aliphatic hydroxyl groups is 1. The van der Waals surface area contributed by atoms with Crippen LogP contribution in [-0.4, -0.2) is 36.9 Å². The van der Waals surface area contributed by atoms with E-state index in [4.69, 9.17) is 0 Å².